The van der Waals surface area contributed by atoms with Gasteiger partial charge in [-0.15, -0.1) is 0 Å². The molecule has 0 bridgehead atoms. The number of anilines is 1. The first-order chi connectivity index (χ1) is 15.5. The second-order valence-corrected chi connectivity index (χ2v) is 9.01. The van der Waals surface area contributed by atoms with Gasteiger partial charge < -0.3 is 23.5 Å². The third-order valence-corrected chi connectivity index (χ3v) is 7.01. The Morgan fingerprint density at radius 1 is 1.09 bits per heavy atom. The summed E-state index contributed by atoms with van der Waals surface area (Å²) in [4.78, 5) is -0.123. The highest BCUT2D eigenvalue weighted by Crippen LogP contribution is 2.44. The maximum atomic E-state index is 13.3. The Balaban J connectivity index is 1.62. The summed E-state index contributed by atoms with van der Waals surface area (Å²) in [5.74, 6) is 0.953. The number of hydrogen-bond acceptors (Lipinski definition) is 8. The van der Waals surface area contributed by atoms with Crippen LogP contribution in [-0.4, -0.2) is 47.6 Å². The van der Waals surface area contributed by atoms with Crippen molar-refractivity contribution in [2.45, 2.75) is 17.7 Å². The van der Waals surface area contributed by atoms with Crippen LogP contribution in [0.1, 0.15) is 17.5 Å². The molecule has 0 atom stereocenters. The predicted molar refractivity (Wildman–Crippen MR) is 117 cm³/mol. The van der Waals surface area contributed by atoms with Gasteiger partial charge in [0.1, 0.15) is 22.6 Å². The molecule has 0 saturated heterocycles. The molecule has 0 aliphatic carbocycles. The lowest BCUT2D eigenvalue weighted by molar-refractivity contribution is 0.161. The molecule has 5 rings (SSSR count). The van der Waals surface area contributed by atoms with E-state index in [1.54, 1.807) is 18.2 Å². The Hall–Kier alpha value is -3.24. The Morgan fingerprint density at radius 3 is 2.56 bits per heavy atom. The molecule has 0 amide bonds. The maximum Gasteiger partial charge on any atom is 0.270 e. The summed E-state index contributed by atoms with van der Waals surface area (Å²) in [5, 5.41) is 4.50. The zero-order chi connectivity index (χ0) is 22.3. The molecular weight excluding hydrogens is 436 g/mol. The SMILES string of the molecule is COc1cccc(OC)c1S(=O)(=O)Nc1noc2cc(C3=CCOCC3)c3c(c12)OCC3. The highest BCUT2D eigenvalue weighted by atomic mass is 32.2. The lowest BCUT2D eigenvalue weighted by Crippen LogP contribution is -2.15. The lowest BCUT2D eigenvalue weighted by Gasteiger charge is -2.16. The van der Waals surface area contributed by atoms with Crippen molar-refractivity contribution in [1.29, 1.82) is 0 Å². The van der Waals surface area contributed by atoms with Crippen LogP contribution in [-0.2, 0) is 21.2 Å². The summed E-state index contributed by atoms with van der Waals surface area (Å²) in [6.45, 7) is 1.72. The van der Waals surface area contributed by atoms with Crippen LogP contribution in [0.4, 0.5) is 5.82 Å². The molecule has 2 aliphatic heterocycles. The van der Waals surface area contributed by atoms with E-state index >= 15 is 0 Å². The molecular formula is C22H22N2O7S. The zero-order valence-corrected chi connectivity index (χ0v) is 18.5. The van der Waals surface area contributed by atoms with Gasteiger partial charge >= 0.3 is 0 Å². The largest absolute Gasteiger partial charge is 0.495 e. The third kappa shape index (κ3) is 3.35. The molecule has 10 heteroatoms. The number of nitrogens with one attached hydrogen (secondary N) is 1. The fraction of sp³-hybridized carbons (Fsp3) is 0.318. The minimum absolute atomic E-state index is 0.0543. The molecule has 0 fully saturated rings. The van der Waals surface area contributed by atoms with Gasteiger partial charge in [0.2, 0.25) is 0 Å². The van der Waals surface area contributed by atoms with Crippen LogP contribution in [0, 0.1) is 0 Å². The molecule has 1 N–H and O–H groups in total. The molecule has 3 heterocycles. The highest BCUT2D eigenvalue weighted by molar-refractivity contribution is 7.93. The van der Waals surface area contributed by atoms with E-state index in [1.165, 1.54) is 14.2 Å². The number of hydrogen-bond donors (Lipinski definition) is 1. The van der Waals surface area contributed by atoms with Crippen molar-refractivity contribution in [1.82, 2.24) is 5.16 Å². The van der Waals surface area contributed by atoms with Crippen LogP contribution in [0.3, 0.4) is 0 Å². The van der Waals surface area contributed by atoms with Crippen LogP contribution in [0.2, 0.25) is 0 Å². The molecule has 2 aliphatic rings. The predicted octanol–water partition coefficient (Wildman–Crippen LogP) is 3.38. The monoisotopic (exact) mass is 458 g/mol. The number of nitrogens with zero attached hydrogens (tertiary/aromatic N) is 1. The molecule has 1 aromatic heterocycles. The van der Waals surface area contributed by atoms with E-state index < -0.39 is 10.0 Å². The number of rotatable bonds is 6. The molecule has 32 heavy (non-hydrogen) atoms. The van der Waals surface area contributed by atoms with E-state index in [4.69, 9.17) is 23.5 Å². The molecule has 0 radical (unpaired) electrons. The number of methoxy groups -OCH3 is 2. The molecule has 168 valence electrons. The Kier molecular flexibility index (Phi) is 5.18. The second kappa shape index (κ2) is 8.03. The second-order valence-electron chi connectivity index (χ2n) is 7.39. The van der Waals surface area contributed by atoms with Crippen molar-refractivity contribution in [2.24, 2.45) is 0 Å². The average Bonchev–Trinajstić information content (AvgIpc) is 3.45. The van der Waals surface area contributed by atoms with Crippen LogP contribution < -0.4 is 18.9 Å². The van der Waals surface area contributed by atoms with E-state index in [1.807, 2.05) is 6.07 Å². The van der Waals surface area contributed by atoms with E-state index in [9.17, 15) is 8.42 Å². The van der Waals surface area contributed by atoms with Crippen molar-refractivity contribution in [3.63, 3.8) is 0 Å². The van der Waals surface area contributed by atoms with Crippen LogP contribution >= 0.6 is 0 Å². The Bertz CT molecular complexity index is 1310. The number of fused-ring (bicyclic) bond motifs is 3. The fourth-order valence-corrected chi connectivity index (χ4v) is 5.49. The summed E-state index contributed by atoms with van der Waals surface area (Å²) in [6.07, 6.45) is 3.56. The fourth-order valence-electron chi connectivity index (χ4n) is 4.16. The molecule has 0 spiro atoms. The minimum atomic E-state index is -4.11. The molecule has 3 aromatic rings. The topological polar surface area (TPSA) is 109 Å². The zero-order valence-electron chi connectivity index (χ0n) is 17.6. The van der Waals surface area contributed by atoms with Crippen LogP contribution in [0.15, 0.2) is 39.8 Å². The average molecular weight is 458 g/mol. The molecule has 0 unspecified atom stereocenters. The molecule has 2 aromatic carbocycles. The van der Waals surface area contributed by atoms with Crippen molar-refractivity contribution in [2.75, 3.05) is 38.8 Å². The molecule has 0 saturated carbocycles. The van der Waals surface area contributed by atoms with Gasteiger partial charge in [0.15, 0.2) is 16.3 Å². The van der Waals surface area contributed by atoms with E-state index in [-0.39, 0.29) is 22.2 Å². The summed E-state index contributed by atoms with van der Waals surface area (Å²) >= 11 is 0. The number of ether oxygens (including phenoxy) is 4. The summed E-state index contributed by atoms with van der Waals surface area (Å²) in [5.41, 5.74) is 3.66. The van der Waals surface area contributed by atoms with Crippen molar-refractivity contribution in [3.8, 4) is 17.2 Å². The smallest absolute Gasteiger partial charge is 0.270 e. The van der Waals surface area contributed by atoms with Crippen molar-refractivity contribution >= 4 is 32.4 Å². The van der Waals surface area contributed by atoms with E-state index in [0.717, 1.165) is 29.5 Å². The minimum Gasteiger partial charge on any atom is -0.495 e. The number of aromatic nitrogens is 1. The summed E-state index contributed by atoms with van der Waals surface area (Å²) < 4.78 is 56.5. The van der Waals surface area contributed by atoms with Gasteiger partial charge in [-0.25, -0.2) is 8.42 Å². The van der Waals surface area contributed by atoms with Gasteiger partial charge in [-0.05, 0) is 35.8 Å². The van der Waals surface area contributed by atoms with Crippen molar-refractivity contribution < 1.29 is 31.9 Å². The first kappa shape index (κ1) is 20.7. The standard InChI is InChI=1S/C22H22N2O7S/c1-27-16-4-3-5-17(28-2)21(16)32(25,26)24-22-19-18(31-23-22)12-15(13-6-9-29-10-7-13)14-8-11-30-20(14)19/h3-6,12H,7-11H2,1-2H3,(H,23,24). The van der Waals surface area contributed by atoms with Gasteiger partial charge in [-0.3, -0.25) is 4.72 Å². The van der Waals surface area contributed by atoms with Gasteiger partial charge in [0.25, 0.3) is 10.0 Å². The number of sulfonamides is 1. The van der Waals surface area contributed by atoms with Crippen molar-refractivity contribution in [3.05, 3.63) is 41.5 Å². The van der Waals surface area contributed by atoms with E-state index in [0.29, 0.717) is 36.5 Å². The normalized spacial score (nSPS) is 15.8. The quantitative estimate of drug-likeness (QED) is 0.599. The Labute approximate surface area is 184 Å². The molecule has 9 nitrogen and oxygen atoms in total. The van der Waals surface area contributed by atoms with E-state index in [2.05, 4.69) is 16.0 Å². The highest BCUT2D eigenvalue weighted by Gasteiger charge is 2.31. The van der Waals surface area contributed by atoms with Gasteiger partial charge in [0.05, 0.1) is 34.0 Å². The summed E-state index contributed by atoms with van der Waals surface area (Å²) in [6, 6.07) is 6.64. The maximum absolute atomic E-state index is 13.3. The van der Waals surface area contributed by atoms with Crippen LogP contribution in [0.25, 0.3) is 16.5 Å². The first-order valence-electron chi connectivity index (χ1n) is 10.1. The first-order valence-corrected chi connectivity index (χ1v) is 11.6. The van der Waals surface area contributed by atoms with Gasteiger partial charge in [0, 0.05) is 12.0 Å². The van der Waals surface area contributed by atoms with Crippen LogP contribution in [0.5, 0.6) is 17.2 Å². The lowest BCUT2D eigenvalue weighted by atomic mass is 9.93. The third-order valence-electron chi connectivity index (χ3n) is 5.61. The number of benzene rings is 2. The summed E-state index contributed by atoms with van der Waals surface area (Å²) in [7, 11) is -1.32. The Morgan fingerprint density at radius 2 is 1.88 bits per heavy atom. The van der Waals surface area contributed by atoms with Gasteiger partial charge in [-0.1, -0.05) is 17.3 Å². The van der Waals surface area contributed by atoms with Gasteiger partial charge in [-0.2, -0.15) is 0 Å².